The number of hydrogen-bond donors (Lipinski definition) is 1. The molecule has 30 heavy (non-hydrogen) atoms. The fourth-order valence-corrected chi connectivity index (χ4v) is 4.13. The van der Waals surface area contributed by atoms with Gasteiger partial charge in [-0.1, -0.05) is 45.4 Å². The lowest BCUT2D eigenvalue weighted by molar-refractivity contribution is 0.0124. The Labute approximate surface area is 180 Å². The zero-order valence-corrected chi connectivity index (χ0v) is 19.0. The molecule has 6 nitrogen and oxygen atoms in total. The smallest absolute Gasteiger partial charge is 0.254 e. The Bertz CT molecular complexity index is 820. The van der Waals surface area contributed by atoms with Crippen LogP contribution in [0.3, 0.4) is 0 Å². The minimum Gasteiger partial charge on any atom is -0.379 e. The lowest BCUT2D eigenvalue weighted by atomic mass is 10.0. The van der Waals surface area contributed by atoms with Crippen LogP contribution < -0.4 is 5.32 Å². The van der Waals surface area contributed by atoms with Crippen molar-refractivity contribution in [1.82, 2.24) is 20.0 Å². The maximum absolute atomic E-state index is 13.1. The second-order valence-electron chi connectivity index (χ2n) is 8.99. The number of ether oxygens (including phenoxy) is 1. The summed E-state index contributed by atoms with van der Waals surface area (Å²) in [5.74, 6) is 0.713. The van der Waals surface area contributed by atoms with Crippen molar-refractivity contribution in [2.24, 2.45) is 5.92 Å². The third-order valence-electron chi connectivity index (χ3n) is 5.68. The van der Waals surface area contributed by atoms with Crippen LogP contribution in [-0.4, -0.2) is 59.5 Å². The topological polar surface area (TPSA) is 59.4 Å². The van der Waals surface area contributed by atoms with Gasteiger partial charge in [0.1, 0.15) is 0 Å². The van der Waals surface area contributed by atoms with Crippen LogP contribution in [0.25, 0.3) is 5.69 Å². The molecule has 1 amide bonds. The predicted octanol–water partition coefficient (Wildman–Crippen LogP) is 3.78. The van der Waals surface area contributed by atoms with Crippen molar-refractivity contribution in [3.63, 3.8) is 0 Å². The number of carbonyl (C=O) groups excluding carboxylic acids is 1. The number of morpholine rings is 1. The molecule has 1 aliphatic rings. The number of rotatable bonds is 8. The van der Waals surface area contributed by atoms with Crippen LogP contribution in [0.2, 0.25) is 0 Å². The van der Waals surface area contributed by atoms with Crippen LogP contribution in [-0.2, 0) is 4.74 Å². The Morgan fingerprint density at radius 2 is 1.80 bits per heavy atom. The number of nitrogens with one attached hydrogen (secondary N) is 1. The van der Waals surface area contributed by atoms with Crippen molar-refractivity contribution in [2.75, 3.05) is 32.8 Å². The van der Waals surface area contributed by atoms with E-state index in [9.17, 15) is 4.79 Å². The van der Waals surface area contributed by atoms with Gasteiger partial charge in [-0.3, -0.25) is 9.69 Å². The van der Waals surface area contributed by atoms with Crippen LogP contribution in [0.1, 0.15) is 61.6 Å². The van der Waals surface area contributed by atoms with Gasteiger partial charge in [0, 0.05) is 25.7 Å². The van der Waals surface area contributed by atoms with Crippen LogP contribution in [0.5, 0.6) is 0 Å². The minimum atomic E-state index is -0.0425. The molecule has 0 radical (unpaired) electrons. The van der Waals surface area contributed by atoms with E-state index in [0.29, 0.717) is 24.1 Å². The summed E-state index contributed by atoms with van der Waals surface area (Å²) < 4.78 is 7.40. The normalized spacial score (nSPS) is 16.2. The zero-order valence-electron chi connectivity index (χ0n) is 19.0. The predicted molar refractivity (Wildman–Crippen MR) is 120 cm³/mol. The average Bonchev–Trinajstić information content (AvgIpc) is 3.17. The Hall–Kier alpha value is -2.18. The summed E-state index contributed by atoms with van der Waals surface area (Å²) in [6.07, 6.45) is 2.76. The van der Waals surface area contributed by atoms with E-state index in [0.717, 1.165) is 44.1 Å². The highest BCUT2D eigenvalue weighted by Crippen LogP contribution is 2.23. The molecule has 3 rings (SSSR count). The molecule has 1 aromatic carbocycles. The molecular formula is C24H36N4O2. The van der Waals surface area contributed by atoms with E-state index in [2.05, 4.69) is 62.1 Å². The van der Waals surface area contributed by atoms with Gasteiger partial charge in [-0.15, -0.1) is 0 Å². The van der Waals surface area contributed by atoms with Crippen molar-refractivity contribution < 1.29 is 9.53 Å². The van der Waals surface area contributed by atoms with Gasteiger partial charge < -0.3 is 10.1 Å². The lowest BCUT2D eigenvalue weighted by Crippen LogP contribution is -2.49. The van der Waals surface area contributed by atoms with Gasteiger partial charge in [0.25, 0.3) is 5.91 Å². The Kier molecular flexibility index (Phi) is 7.67. The quantitative estimate of drug-likeness (QED) is 0.717. The van der Waals surface area contributed by atoms with Crippen LogP contribution in [0.4, 0.5) is 0 Å². The maximum atomic E-state index is 13.1. The first-order valence-corrected chi connectivity index (χ1v) is 11.1. The Balaban J connectivity index is 1.76. The summed E-state index contributed by atoms with van der Waals surface area (Å²) >= 11 is 0. The summed E-state index contributed by atoms with van der Waals surface area (Å²) in [7, 11) is 0. The number of amides is 1. The van der Waals surface area contributed by atoms with Crippen molar-refractivity contribution in [1.29, 1.82) is 0 Å². The highest BCUT2D eigenvalue weighted by atomic mass is 16.5. The van der Waals surface area contributed by atoms with E-state index >= 15 is 0 Å². The molecule has 1 atom stereocenters. The fourth-order valence-electron chi connectivity index (χ4n) is 4.13. The Morgan fingerprint density at radius 1 is 1.13 bits per heavy atom. The van der Waals surface area contributed by atoms with E-state index in [4.69, 9.17) is 4.74 Å². The number of aromatic nitrogens is 2. The second kappa shape index (κ2) is 10.2. The molecule has 1 unspecified atom stereocenters. The van der Waals surface area contributed by atoms with Crippen molar-refractivity contribution >= 4 is 5.91 Å². The van der Waals surface area contributed by atoms with Gasteiger partial charge in [-0.2, -0.15) is 5.10 Å². The second-order valence-corrected chi connectivity index (χ2v) is 8.99. The molecule has 2 aromatic rings. The molecule has 2 heterocycles. The molecule has 1 fully saturated rings. The average molecular weight is 413 g/mol. The first kappa shape index (κ1) is 22.5. The lowest BCUT2D eigenvalue weighted by Gasteiger charge is -2.35. The highest BCUT2D eigenvalue weighted by Gasteiger charge is 2.25. The first-order chi connectivity index (χ1) is 14.4. The van der Waals surface area contributed by atoms with Crippen molar-refractivity contribution in [3.8, 4) is 5.69 Å². The number of hydrogen-bond acceptors (Lipinski definition) is 4. The number of benzene rings is 1. The molecule has 0 bridgehead atoms. The van der Waals surface area contributed by atoms with Gasteiger partial charge in [-0.05, 0) is 37.3 Å². The first-order valence-electron chi connectivity index (χ1n) is 11.1. The SMILES string of the molecule is Cc1ccc(-n2ncc(C(=O)NCC(CC(C)C)N3CCOCC3)c2C(C)C)cc1. The largest absolute Gasteiger partial charge is 0.379 e. The van der Waals surface area contributed by atoms with Gasteiger partial charge in [0.2, 0.25) is 0 Å². The summed E-state index contributed by atoms with van der Waals surface area (Å²) in [5, 5.41) is 7.75. The van der Waals surface area contributed by atoms with Gasteiger partial charge in [0.15, 0.2) is 0 Å². The summed E-state index contributed by atoms with van der Waals surface area (Å²) in [5.41, 5.74) is 3.79. The molecule has 164 valence electrons. The molecule has 0 aliphatic carbocycles. The van der Waals surface area contributed by atoms with Crippen molar-refractivity contribution in [3.05, 3.63) is 47.3 Å². The number of carbonyl (C=O) groups is 1. The third kappa shape index (κ3) is 5.49. The van der Waals surface area contributed by atoms with E-state index in [1.54, 1.807) is 6.20 Å². The van der Waals surface area contributed by atoms with Gasteiger partial charge >= 0.3 is 0 Å². The van der Waals surface area contributed by atoms with E-state index in [1.165, 1.54) is 5.56 Å². The summed E-state index contributed by atoms with van der Waals surface area (Å²) in [4.78, 5) is 15.6. The van der Waals surface area contributed by atoms with Gasteiger partial charge in [-0.25, -0.2) is 4.68 Å². The van der Waals surface area contributed by atoms with Crippen LogP contribution >= 0.6 is 0 Å². The molecule has 0 spiro atoms. The molecule has 1 aliphatic heterocycles. The molecule has 1 N–H and O–H groups in total. The van der Waals surface area contributed by atoms with E-state index in [1.807, 2.05) is 16.8 Å². The molecule has 1 aromatic heterocycles. The number of nitrogens with zero attached hydrogens (tertiary/aromatic N) is 3. The van der Waals surface area contributed by atoms with E-state index in [-0.39, 0.29) is 11.8 Å². The third-order valence-corrected chi connectivity index (χ3v) is 5.68. The molecule has 0 saturated carbocycles. The summed E-state index contributed by atoms with van der Waals surface area (Å²) in [6, 6.07) is 8.56. The van der Waals surface area contributed by atoms with Crippen LogP contribution in [0, 0.1) is 12.8 Å². The van der Waals surface area contributed by atoms with Crippen molar-refractivity contribution in [2.45, 2.75) is 53.0 Å². The highest BCUT2D eigenvalue weighted by molar-refractivity contribution is 5.95. The standard InChI is InChI=1S/C24H36N4O2/c1-17(2)14-21(27-10-12-30-13-11-27)15-25-24(29)22-16-26-28(23(22)18(3)4)20-8-6-19(5)7-9-20/h6-9,16-18,21H,10-15H2,1-5H3,(H,25,29). The summed E-state index contributed by atoms with van der Waals surface area (Å²) in [6.45, 7) is 14.8. The molecule has 1 saturated heterocycles. The monoisotopic (exact) mass is 412 g/mol. The van der Waals surface area contributed by atoms with Crippen LogP contribution in [0.15, 0.2) is 30.5 Å². The maximum Gasteiger partial charge on any atom is 0.254 e. The van der Waals surface area contributed by atoms with E-state index < -0.39 is 0 Å². The minimum absolute atomic E-state index is 0.0425. The number of aryl methyl sites for hydroxylation is 1. The zero-order chi connectivity index (χ0) is 21.7. The Morgan fingerprint density at radius 3 is 2.40 bits per heavy atom. The molecular weight excluding hydrogens is 376 g/mol. The van der Waals surface area contributed by atoms with Gasteiger partial charge in [0.05, 0.1) is 36.4 Å². The fraction of sp³-hybridized carbons (Fsp3) is 0.583. The molecule has 6 heteroatoms.